The average molecular weight is 284 g/mol. The summed E-state index contributed by atoms with van der Waals surface area (Å²) in [6.45, 7) is 0. The van der Waals surface area contributed by atoms with E-state index in [1.54, 1.807) is 19.2 Å². The number of carbonyl (C=O) groups is 1. The van der Waals surface area contributed by atoms with E-state index in [2.05, 4.69) is 20.6 Å². The number of rotatable bonds is 5. The number of hydrogen-bond donors (Lipinski definition) is 2. The molecule has 0 bridgehead atoms. The Morgan fingerprint density at radius 3 is 2.71 bits per heavy atom. The molecule has 1 aliphatic rings. The van der Waals surface area contributed by atoms with Crippen LogP contribution < -0.4 is 15.4 Å². The first kappa shape index (κ1) is 13.4. The van der Waals surface area contributed by atoms with Gasteiger partial charge in [0.05, 0.1) is 12.7 Å². The van der Waals surface area contributed by atoms with Gasteiger partial charge in [-0.15, -0.1) is 0 Å². The number of amides is 1. The molecule has 108 valence electrons. The zero-order valence-electron chi connectivity index (χ0n) is 11.7. The summed E-state index contributed by atoms with van der Waals surface area (Å²) >= 11 is 0. The Hall–Kier alpha value is -2.63. The van der Waals surface area contributed by atoms with Gasteiger partial charge in [-0.1, -0.05) is 6.07 Å². The van der Waals surface area contributed by atoms with E-state index in [1.807, 2.05) is 12.1 Å². The Morgan fingerprint density at radius 2 is 2.05 bits per heavy atom. The molecule has 1 aromatic heterocycles. The molecule has 2 aromatic rings. The number of benzene rings is 1. The predicted octanol–water partition coefficient (Wildman–Crippen LogP) is 2.31. The number of anilines is 2. The minimum atomic E-state index is -0.249. The van der Waals surface area contributed by atoms with Gasteiger partial charge in [0, 0.05) is 30.2 Å². The van der Waals surface area contributed by atoms with Gasteiger partial charge in [-0.2, -0.15) is 0 Å². The summed E-state index contributed by atoms with van der Waals surface area (Å²) < 4.78 is 5.12. The average Bonchev–Trinajstić information content (AvgIpc) is 3.32. The van der Waals surface area contributed by atoms with Crippen LogP contribution in [0.2, 0.25) is 0 Å². The normalized spacial score (nSPS) is 13.6. The van der Waals surface area contributed by atoms with Crippen molar-refractivity contribution in [3.8, 4) is 5.75 Å². The quantitative estimate of drug-likeness (QED) is 0.881. The maximum absolute atomic E-state index is 12.1. The lowest BCUT2D eigenvalue weighted by Gasteiger charge is -2.07. The number of aromatic nitrogens is 2. The van der Waals surface area contributed by atoms with E-state index in [9.17, 15) is 4.79 Å². The Balaban J connectivity index is 1.66. The molecule has 1 aromatic carbocycles. The summed E-state index contributed by atoms with van der Waals surface area (Å²) in [7, 11) is 1.58. The van der Waals surface area contributed by atoms with Gasteiger partial charge in [0.15, 0.2) is 0 Å². The summed E-state index contributed by atoms with van der Waals surface area (Å²) in [6.07, 6.45) is 5.35. The fourth-order valence-electron chi connectivity index (χ4n) is 1.83. The van der Waals surface area contributed by atoms with Crippen molar-refractivity contribution in [2.24, 2.45) is 0 Å². The highest BCUT2D eigenvalue weighted by atomic mass is 16.5. The second kappa shape index (κ2) is 5.78. The minimum absolute atomic E-state index is 0.249. The summed E-state index contributed by atoms with van der Waals surface area (Å²) in [6, 6.07) is 7.66. The molecule has 0 saturated heterocycles. The smallest absolute Gasteiger partial charge is 0.258 e. The first-order valence-electron chi connectivity index (χ1n) is 6.78. The van der Waals surface area contributed by atoms with Crippen molar-refractivity contribution < 1.29 is 9.53 Å². The molecule has 6 heteroatoms. The van der Waals surface area contributed by atoms with Crippen LogP contribution in [0.1, 0.15) is 23.2 Å². The third-order valence-corrected chi connectivity index (χ3v) is 3.15. The first-order chi connectivity index (χ1) is 10.2. The molecule has 3 rings (SSSR count). The highest BCUT2D eigenvalue weighted by molar-refractivity contribution is 6.03. The van der Waals surface area contributed by atoms with E-state index in [-0.39, 0.29) is 5.91 Å². The van der Waals surface area contributed by atoms with E-state index in [1.165, 1.54) is 12.4 Å². The maximum atomic E-state index is 12.1. The van der Waals surface area contributed by atoms with E-state index in [0.717, 1.165) is 12.8 Å². The Bertz CT molecular complexity index is 638. The molecule has 1 amide bonds. The predicted molar refractivity (Wildman–Crippen MR) is 79.6 cm³/mol. The summed E-state index contributed by atoms with van der Waals surface area (Å²) in [5.41, 5.74) is 1.08. The van der Waals surface area contributed by atoms with Crippen LogP contribution >= 0.6 is 0 Å². The lowest BCUT2D eigenvalue weighted by atomic mass is 10.2. The molecule has 0 atom stereocenters. The Morgan fingerprint density at radius 1 is 1.29 bits per heavy atom. The van der Waals surface area contributed by atoms with Crippen LogP contribution in [-0.4, -0.2) is 29.0 Å². The molecule has 0 spiro atoms. The molecule has 1 saturated carbocycles. The Labute approximate surface area is 122 Å². The molecule has 1 aliphatic carbocycles. The van der Waals surface area contributed by atoms with Crippen LogP contribution in [0.3, 0.4) is 0 Å². The zero-order valence-corrected chi connectivity index (χ0v) is 11.7. The number of hydrogen-bond acceptors (Lipinski definition) is 5. The molecule has 1 heterocycles. The van der Waals surface area contributed by atoms with E-state index in [0.29, 0.717) is 29.0 Å². The number of carbonyl (C=O) groups excluding carboxylic acids is 1. The van der Waals surface area contributed by atoms with Crippen LogP contribution in [0.4, 0.5) is 11.6 Å². The molecule has 0 aliphatic heterocycles. The molecular formula is C15H16N4O2. The van der Waals surface area contributed by atoms with Crippen LogP contribution in [0.15, 0.2) is 36.7 Å². The van der Waals surface area contributed by atoms with Gasteiger partial charge in [-0.05, 0) is 25.0 Å². The third kappa shape index (κ3) is 3.47. The van der Waals surface area contributed by atoms with E-state index in [4.69, 9.17) is 4.74 Å². The van der Waals surface area contributed by atoms with Gasteiger partial charge < -0.3 is 15.4 Å². The highest BCUT2D eigenvalue weighted by Crippen LogP contribution is 2.22. The van der Waals surface area contributed by atoms with Crippen LogP contribution in [-0.2, 0) is 0 Å². The second-order valence-electron chi connectivity index (χ2n) is 4.90. The van der Waals surface area contributed by atoms with Crippen LogP contribution in [0.25, 0.3) is 0 Å². The third-order valence-electron chi connectivity index (χ3n) is 3.15. The van der Waals surface area contributed by atoms with Gasteiger partial charge in [-0.3, -0.25) is 4.79 Å². The van der Waals surface area contributed by atoms with Gasteiger partial charge >= 0.3 is 0 Å². The largest absolute Gasteiger partial charge is 0.497 e. The fraction of sp³-hybridized carbons (Fsp3) is 0.267. The highest BCUT2D eigenvalue weighted by Gasteiger charge is 2.21. The summed E-state index contributed by atoms with van der Waals surface area (Å²) in [4.78, 5) is 20.4. The fourth-order valence-corrected chi connectivity index (χ4v) is 1.83. The van der Waals surface area contributed by atoms with Crippen molar-refractivity contribution in [1.82, 2.24) is 9.97 Å². The molecule has 0 radical (unpaired) electrons. The number of methoxy groups -OCH3 is 1. The zero-order chi connectivity index (χ0) is 14.7. The molecule has 0 unspecified atom stereocenters. The van der Waals surface area contributed by atoms with Crippen LogP contribution in [0.5, 0.6) is 5.75 Å². The van der Waals surface area contributed by atoms with Gasteiger partial charge in [0.1, 0.15) is 5.75 Å². The topological polar surface area (TPSA) is 76.1 Å². The summed E-state index contributed by atoms with van der Waals surface area (Å²) in [5.74, 6) is 1.00. The lowest BCUT2D eigenvalue weighted by Crippen LogP contribution is -2.13. The summed E-state index contributed by atoms with van der Waals surface area (Å²) in [5, 5.41) is 5.96. The van der Waals surface area contributed by atoms with Crippen molar-refractivity contribution >= 4 is 17.5 Å². The van der Waals surface area contributed by atoms with Crippen molar-refractivity contribution in [2.75, 3.05) is 17.7 Å². The second-order valence-corrected chi connectivity index (χ2v) is 4.90. The first-order valence-corrected chi connectivity index (χ1v) is 6.78. The molecule has 2 N–H and O–H groups in total. The lowest BCUT2D eigenvalue weighted by molar-refractivity contribution is 0.102. The minimum Gasteiger partial charge on any atom is -0.497 e. The van der Waals surface area contributed by atoms with E-state index >= 15 is 0 Å². The number of nitrogens with zero attached hydrogens (tertiary/aromatic N) is 2. The monoisotopic (exact) mass is 284 g/mol. The number of ether oxygens (including phenoxy) is 1. The molecule has 21 heavy (non-hydrogen) atoms. The van der Waals surface area contributed by atoms with Crippen LogP contribution in [0, 0.1) is 0 Å². The standard InChI is InChI=1S/C15H16N4O2/c1-21-13-4-2-3-12(7-13)18-14(20)10-8-16-15(17-9-10)19-11-5-6-11/h2-4,7-9,11H,5-6H2,1H3,(H,18,20)(H,16,17,19). The van der Waals surface area contributed by atoms with Crippen molar-refractivity contribution in [1.29, 1.82) is 0 Å². The van der Waals surface area contributed by atoms with Gasteiger partial charge in [0.25, 0.3) is 5.91 Å². The van der Waals surface area contributed by atoms with E-state index < -0.39 is 0 Å². The molecular weight excluding hydrogens is 268 g/mol. The molecule has 6 nitrogen and oxygen atoms in total. The molecule has 1 fully saturated rings. The Kier molecular flexibility index (Phi) is 3.68. The van der Waals surface area contributed by atoms with Gasteiger partial charge in [-0.25, -0.2) is 9.97 Å². The van der Waals surface area contributed by atoms with Crippen molar-refractivity contribution in [3.63, 3.8) is 0 Å². The SMILES string of the molecule is COc1cccc(NC(=O)c2cnc(NC3CC3)nc2)c1. The number of nitrogens with one attached hydrogen (secondary N) is 2. The van der Waals surface area contributed by atoms with Crippen molar-refractivity contribution in [2.45, 2.75) is 18.9 Å². The maximum Gasteiger partial charge on any atom is 0.258 e. The van der Waals surface area contributed by atoms with Gasteiger partial charge in [0.2, 0.25) is 5.95 Å². The van der Waals surface area contributed by atoms with Crippen molar-refractivity contribution in [3.05, 3.63) is 42.2 Å².